The Hall–Kier alpha value is -2.68. The number of hydrogen-bond donors (Lipinski definition) is 0. The average Bonchev–Trinajstić information content (AvgIpc) is 2.91. The second kappa shape index (κ2) is 16.1. The fraction of sp³-hybridized carbons (Fsp3) is 0.500. The van der Waals surface area contributed by atoms with Gasteiger partial charge in [-0.15, -0.1) is 0 Å². The fourth-order valence-electron chi connectivity index (χ4n) is 4.34. The van der Waals surface area contributed by atoms with Crippen LogP contribution in [0.2, 0.25) is 0 Å². The molecule has 0 fully saturated rings. The van der Waals surface area contributed by atoms with Crippen molar-refractivity contribution in [1.82, 2.24) is 9.97 Å². The number of nitrogens with zero attached hydrogens (tertiary/aromatic N) is 2. The quantitative estimate of drug-likeness (QED) is 0.184. The molecule has 1 aromatic heterocycles. The van der Waals surface area contributed by atoms with E-state index >= 15 is 0 Å². The molecule has 0 saturated carbocycles. The van der Waals surface area contributed by atoms with Gasteiger partial charge in [-0.2, -0.15) is 0 Å². The topological polar surface area (TPSA) is 35.0 Å². The first-order chi connectivity index (χ1) is 17.3. The summed E-state index contributed by atoms with van der Waals surface area (Å²) in [6, 6.07) is 17.0. The maximum atomic E-state index is 6.01. The first-order valence-corrected chi connectivity index (χ1v) is 13.9. The van der Waals surface area contributed by atoms with E-state index in [1.165, 1.54) is 93.7 Å². The van der Waals surface area contributed by atoms with Gasteiger partial charge in [-0.1, -0.05) is 95.9 Å². The summed E-state index contributed by atoms with van der Waals surface area (Å²) in [6.45, 7) is 5.11. The van der Waals surface area contributed by atoms with E-state index in [0.29, 0.717) is 6.61 Å². The van der Waals surface area contributed by atoms with E-state index in [2.05, 4.69) is 48.1 Å². The lowest BCUT2D eigenvalue weighted by Crippen LogP contribution is -1.96. The molecule has 3 rings (SSSR count). The van der Waals surface area contributed by atoms with Crippen LogP contribution in [-0.4, -0.2) is 9.97 Å². The number of unbranched alkanes of at least 4 members (excludes halogenated alkanes) is 9. The maximum absolute atomic E-state index is 6.01. The molecule has 0 atom stereocenters. The van der Waals surface area contributed by atoms with E-state index in [4.69, 9.17) is 4.74 Å². The summed E-state index contributed by atoms with van der Waals surface area (Å²) in [4.78, 5) is 9.19. The minimum atomic E-state index is 0.583. The van der Waals surface area contributed by atoms with Crippen LogP contribution in [0.3, 0.4) is 0 Å². The predicted octanol–water partition coefficient (Wildman–Crippen LogP) is 9.14. The molecule has 0 saturated heterocycles. The highest BCUT2D eigenvalue weighted by atomic mass is 16.5. The lowest BCUT2D eigenvalue weighted by atomic mass is 10.0. The van der Waals surface area contributed by atoms with Crippen molar-refractivity contribution in [3.05, 3.63) is 77.6 Å². The summed E-state index contributed by atoms with van der Waals surface area (Å²) < 4.78 is 6.01. The van der Waals surface area contributed by atoms with Gasteiger partial charge in [0.15, 0.2) is 5.82 Å². The molecule has 0 N–H and O–H groups in total. The third-order valence-electron chi connectivity index (χ3n) is 6.63. The number of ether oxygens (including phenoxy) is 1. The van der Waals surface area contributed by atoms with E-state index < -0.39 is 0 Å². The standard InChI is InChI=1S/C32H44N2O/c1-3-5-7-9-11-13-15-29-24-33-32(34-25-29)30-20-22-31(23-21-30)35-26-28-18-16-27(17-19-28)14-12-10-8-6-4-2/h16-25H,3-15,26H2,1-2H3. The van der Waals surface area contributed by atoms with Crippen molar-refractivity contribution < 1.29 is 4.74 Å². The molecule has 2 aromatic carbocycles. The molecule has 0 aliphatic carbocycles. The second-order valence-corrected chi connectivity index (χ2v) is 9.73. The molecule has 35 heavy (non-hydrogen) atoms. The molecule has 3 heteroatoms. The van der Waals surface area contributed by atoms with Gasteiger partial charge in [0, 0.05) is 18.0 Å². The highest BCUT2D eigenvalue weighted by molar-refractivity contribution is 5.55. The Bertz CT molecular complexity index is 933. The maximum Gasteiger partial charge on any atom is 0.159 e. The van der Waals surface area contributed by atoms with Gasteiger partial charge in [-0.25, -0.2) is 9.97 Å². The van der Waals surface area contributed by atoms with Crippen molar-refractivity contribution in [3.63, 3.8) is 0 Å². The third kappa shape index (κ3) is 10.2. The van der Waals surface area contributed by atoms with Crippen LogP contribution in [-0.2, 0) is 19.4 Å². The van der Waals surface area contributed by atoms with E-state index in [1.54, 1.807) is 0 Å². The molecule has 3 aromatic rings. The minimum absolute atomic E-state index is 0.583. The molecule has 0 radical (unpaired) electrons. The predicted molar refractivity (Wildman–Crippen MR) is 148 cm³/mol. The van der Waals surface area contributed by atoms with Crippen molar-refractivity contribution in [2.45, 2.75) is 104 Å². The molecule has 0 unspecified atom stereocenters. The van der Waals surface area contributed by atoms with Crippen LogP contribution in [0.5, 0.6) is 5.75 Å². The SMILES string of the molecule is CCCCCCCCc1cnc(-c2ccc(OCc3ccc(CCCCCCC)cc3)cc2)nc1. The molecule has 0 spiro atoms. The number of aromatic nitrogens is 2. The zero-order valence-electron chi connectivity index (χ0n) is 22.0. The van der Waals surface area contributed by atoms with Gasteiger partial charge < -0.3 is 4.74 Å². The van der Waals surface area contributed by atoms with Crippen molar-refractivity contribution in [3.8, 4) is 17.1 Å². The smallest absolute Gasteiger partial charge is 0.159 e. The fourth-order valence-corrected chi connectivity index (χ4v) is 4.34. The van der Waals surface area contributed by atoms with Crippen LogP contribution in [0.1, 0.15) is 101 Å². The van der Waals surface area contributed by atoms with Gasteiger partial charge in [-0.3, -0.25) is 0 Å². The summed E-state index contributed by atoms with van der Waals surface area (Å²) in [6.07, 6.45) is 20.7. The summed E-state index contributed by atoms with van der Waals surface area (Å²) in [5.41, 5.74) is 4.87. The van der Waals surface area contributed by atoms with Crippen LogP contribution in [0.25, 0.3) is 11.4 Å². The van der Waals surface area contributed by atoms with Crippen LogP contribution in [0, 0.1) is 0 Å². The zero-order valence-corrected chi connectivity index (χ0v) is 22.0. The van der Waals surface area contributed by atoms with Crippen molar-refractivity contribution in [2.24, 2.45) is 0 Å². The van der Waals surface area contributed by atoms with E-state index in [-0.39, 0.29) is 0 Å². The van der Waals surface area contributed by atoms with E-state index in [0.717, 1.165) is 23.6 Å². The van der Waals surface area contributed by atoms with Gasteiger partial charge in [0.05, 0.1) is 0 Å². The van der Waals surface area contributed by atoms with Crippen molar-refractivity contribution in [1.29, 1.82) is 0 Å². The largest absolute Gasteiger partial charge is 0.489 e. The third-order valence-corrected chi connectivity index (χ3v) is 6.63. The average molecular weight is 473 g/mol. The molecule has 0 aliphatic rings. The number of rotatable bonds is 17. The molecular formula is C32H44N2O. The van der Waals surface area contributed by atoms with Crippen LogP contribution >= 0.6 is 0 Å². The first kappa shape index (κ1) is 26.9. The summed E-state index contributed by atoms with van der Waals surface area (Å²) in [7, 11) is 0. The number of hydrogen-bond acceptors (Lipinski definition) is 3. The molecule has 188 valence electrons. The molecule has 3 nitrogen and oxygen atoms in total. The van der Waals surface area contributed by atoms with Crippen LogP contribution in [0.15, 0.2) is 60.9 Å². The minimum Gasteiger partial charge on any atom is -0.489 e. The zero-order chi connectivity index (χ0) is 24.6. The van der Waals surface area contributed by atoms with E-state index in [1.807, 2.05) is 36.7 Å². The molecule has 0 amide bonds. The Morgan fingerprint density at radius 2 is 1.06 bits per heavy atom. The highest BCUT2D eigenvalue weighted by Gasteiger charge is 2.04. The normalized spacial score (nSPS) is 11.0. The Morgan fingerprint density at radius 1 is 0.543 bits per heavy atom. The summed E-state index contributed by atoms with van der Waals surface area (Å²) in [5.74, 6) is 1.64. The Morgan fingerprint density at radius 3 is 1.66 bits per heavy atom. The second-order valence-electron chi connectivity index (χ2n) is 9.73. The summed E-state index contributed by atoms with van der Waals surface area (Å²) in [5, 5.41) is 0. The number of aryl methyl sites for hydroxylation is 2. The Labute approximate surface area is 213 Å². The summed E-state index contributed by atoms with van der Waals surface area (Å²) >= 11 is 0. The molecule has 0 bridgehead atoms. The van der Waals surface area contributed by atoms with Crippen molar-refractivity contribution in [2.75, 3.05) is 0 Å². The number of benzene rings is 2. The Kier molecular flexibility index (Phi) is 12.4. The first-order valence-electron chi connectivity index (χ1n) is 13.9. The highest BCUT2D eigenvalue weighted by Crippen LogP contribution is 2.21. The monoisotopic (exact) mass is 472 g/mol. The van der Waals surface area contributed by atoms with Crippen LogP contribution in [0.4, 0.5) is 0 Å². The molecular weight excluding hydrogens is 428 g/mol. The van der Waals surface area contributed by atoms with Gasteiger partial charge >= 0.3 is 0 Å². The molecule has 1 heterocycles. The lowest BCUT2D eigenvalue weighted by molar-refractivity contribution is 0.306. The molecule has 0 aliphatic heterocycles. The van der Waals surface area contributed by atoms with Crippen LogP contribution < -0.4 is 4.74 Å². The van der Waals surface area contributed by atoms with Gasteiger partial charge in [0.2, 0.25) is 0 Å². The van der Waals surface area contributed by atoms with Gasteiger partial charge in [-0.05, 0) is 66.6 Å². The van der Waals surface area contributed by atoms with Gasteiger partial charge in [0.1, 0.15) is 12.4 Å². The van der Waals surface area contributed by atoms with Crippen molar-refractivity contribution >= 4 is 0 Å². The lowest BCUT2D eigenvalue weighted by Gasteiger charge is -2.08. The Balaban J connectivity index is 1.39. The van der Waals surface area contributed by atoms with E-state index in [9.17, 15) is 0 Å². The van der Waals surface area contributed by atoms with Gasteiger partial charge in [0.25, 0.3) is 0 Å².